The molecule has 4 bridgehead atoms. The minimum absolute atomic E-state index is 0.0716. The topological polar surface area (TPSA) is 138 Å². The standard InChI is InChI=1S/C29H39N3O7/c1-29(2,3)39-28(35)24-16-19-8-5-10-21(14-19)38-20-9-4-7-18(13-20)15-22(30)26(33)31-23(27(34)32-24)17-25-36-11-6-12-37-25/h4-5,7-10,13,21-25H,6,11-12,14-17,30H2,1-3H3,(H,31,33)(H,32,34)/t21?,22-,23-,24?/m0/s1. The van der Waals surface area contributed by atoms with Crippen LogP contribution in [-0.4, -0.2) is 67.1 Å². The molecule has 1 saturated heterocycles. The fraction of sp³-hybridized carbons (Fsp3) is 0.552. The Morgan fingerprint density at radius 2 is 1.85 bits per heavy atom. The molecule has 1 aromatic rings. The number of rotatable bonds is 3. The Balaban J connectivity index is 1.64. The van der Waals surface area contributed by atoms with E-state index in [1.54, 1.807) is 20.8 Å². The van der Waals surface area contributed by atoms with Gasteiger partial charge in [0.05, 0.1) is 19.3 Å². The maximum atomic E-state index is 13.6. The van der Waals surface area contributed by atoms with Gasteiger partial charge in [-0.15, -0.1) is 0 Å². The highest BCUT2D eigenvalue weighted by Gasteiger charge is 2.34. The Morgan fingerprint density at radius 3 is 2.59 bits per heavy atom. The van der Waals surface area contributed by atoms with E-state index in [1.807, 2.05) is 42.5 Å². The van der Waals surface area contributed by atoms with Gasteiger partial charge in [0.15, 0.2) is 6.29 Å². The smallest absolute Gasteiger partial charge is 0.329 e. The van der Waals surface area contributed by atoms with E-state index in [0.29, 0.717) is 25.4 Å². The summed E-state index contributed by atoms with van der Waals surface area (Å²) in [5, 5.41) is 5.58. The molecule has 4 N–H and O–H groups in total. The SMILES string of the molecule is CC(C)(C)OC(=O)C1CC2=CC=CC(C2)Oc2cccc(c2)C[C@H](N)C(=O)N[C@@H](CC2OCCCO2)C(=O)N1. The van der Waals surface area contributed by atoms with E-state index < -0.39 is 47.8 Å². The number of hydrogen-bond acceptors (Lipinski definition) is 8. The van der Waals surface area contributed by atoms with Gasteiger partial charge < -0.3 is 35.3 Å². The highest BCUT2D eigenvalue weighted by molar-refractivity contribution is 5.92. The summed E-state index contributed by atoms with van der Waals surface area (Å²) in [6.45, 7) is 6.30. The van der Waals surface area contributed by atoms with Crippen LogP contribution in [0.15, 0.2) is 48.1 Å². The van der Waals surface area contributed by atoms with Crippen molar-refractivity contribution >= 4 is 17.8 Å². The molecule has 39 heavy (non-hydrogen) atoms. The van der Waals surface area contributed by atoms with Crippen molar-refractivity contribution in [2.75, 3.05) is 13.2 Å². The molecule has 0 radical (unpaired) electrons. The lowest BCUT2D eigenvalue weighted by Crippen LogP contribution is -2.56. The Hall–Kier alpha value is -3.21. The molecule has 4 atom stereocenters. The van der Waals surface area contributed by atoms with Gasteiger partial charge in [-0.05, 0) is 63.8 Å². The molecule has 10 nitrogen and oxygen atoms in total. The van der Waals surface area contributed by atoms with Crippen molar-refractivity contribution in [2.24, 2.45) is 5.73 Å². The number of hydrogen-bond donors (Lipinski definition) is 3. The Bertz CT molecular complexity index is 1100. The van der Waals surface area contributed by atoms with Crippen molar-refractivity contribution in [3.63, 3.8) is 0 Å². The van der Waals surface area contributed by atoms with Crippen molar-refractivity contribution in [3.8, 4) is 5.75 Å². The van der Waals surface area contributed by atoms with E-state index in [0.717, 1.165) is 17.6 Å². The van der Waals surface area contributed by atoms with Crippen LogP contribution >= 0.6 is 0 Å². The summed E-state index contributed by atoms with van der Waals surface area (Å²) in [6.07, 6.45) is 6.67. The van der Waals surface area contributed by atoms with E-state index in [1.165, 1.54) is 0 Å². The van der Waals surface area contributed by atoms with Gasteiger partial charge in [-0.1, -0.05) is 29.9 Å². The molecule has 10 heteroatoms. The van der Waals surface area contributed by atoms with E-state index in [2.05, 4.69) is 10.6 Å². The predicted molar refractivity (Wildman–Crippen MR) is 144 cm³/mol. The summed E-state index contributed by atoms with van der Waals surface area (Å²) in [5.41, 5.74) is 7.26. The molecule has 0 spiro atoms. The molecule has 0 aromatic heterocycles. The largest absolute Gasteiger partial charge is 0.486 e. The fourth-order valence-corrected chi connectivity index (χ4v) is 4.69. The molecule has 1 fully saturated rings. The second-order valence-corrected chi connectivity index (χ2v) is 11.1. The zero-order chi connectivity index (χ0) is 28.0. The maximum Gasteiger partial charge on any atom is 0.329 e. The van der Waals surface area contributed by atoms with Crippen LogP contribution in [0.3, 0.4) is 0 Å². The zero-order valence-electron chi connectivity index (χ0n) is 22.8. The molecule has 2 unspecified atom stereocenters. The molecular formula is C29H39N3O7. The number of carbonyl (C=O) groups excluding carboxylic acids is 3. The molecule has 3 aliphatic rings. The molecule has 0 saturated carbocycles. The number of esters is 1. The number of fused-ring (bicyclic) bond motifs is 4. The second-order valence-electron chi connectivity index (χ2n) is 11.1. The third-order valence-corrected chi connectivity index (χ3v) is 6.53. The van der Waals surface area contributed by atoms with Crippen LogP contribution in [0, 0.1) is 0 Å². The lowest BCUT2D eigenvalue weighted by Gasteiger charge is -2.30. The summed E-state index contributed by atoms with van der Waals surface area (Å²) in [4.78, 5) is 39.9. The van der Waals surface area contributed by atoms with Crippen molar-refractivity contribution in [2.45, 2.75) is 89.0 Å². The molecule has 1 aliphatic carbocycles. The quantitative estimate of drug-likeness (QED) is 0.495. The van der Waals surface area contributed by atoms with Crippen LogP contribution in [0.4, 0.5) is 0 Å². The highest BCUT2D eigenvalue weighted by atomic mass is 16.7. The maximum absolute atomic E-state index is 13.6. The van der Waals surface area contributed by atoms with Gasteiger partial charge in [0, 0.05) is 12.8 Å². The van der Waals surface area contributed by atoms with Crippen LogP contribution < -0.4 is 21.1 Å². The number of allylic oxidation sites excluding steroid dienone is 2. The van der Waals surface area contributed by atoms with E-state index in [9.17, 15) is 14.4 Å². The second kappa shape index (κ2) is 12.8. The number of nitrogens with two attached hydrogens (primary N) is 1. The first-order chi connectivity index (χ1) is 18.6. The first kappa shape index (κ1) is 28.8. The van der Waals surface area contributed by atoms with Crippen molar-refractivity contribution in [1.82, 2.24) is 10.6 Å². The van der Waals surface area contributed by atoms with E-state index in [-0.39, 0.29) is 25.4 Å². The minimum Gasteiger partial charge on any atom is -0.486 e. The summed E-state index contributed by atoms with van der Waals surface area (Å²) in [7, 11) is 0. The average molecular weight is 542 g/mol. The van der Waals surface area contributed by atoms with Gasteiger partial charge in [0.2, 0.25) is 11.8 Å². The molecule has 4 rings (SSSR count). The average Bonchev–Trinajstić information content (AvgIpc) is 2.87. The first-order valence-electron chi connectivity index (χ1n) is 13.5. The van der Waals surface area contributed by atoms with Gasteiger partial charge in [0.1, 0.15) is 29.5 Å². The molecule has 2 heterocycles. The third-order valence-electron chi connectivity index (χ3n) is 6.53. The minimum atomic E-state index is -1.04. The van der Waals surface area contributed by atoms with E-state index >= 15 is 0 Å². The summed E-state index contributed by atoms with van der Waals surface area (Å²) in [6, 6.07) is 4.52. The molecule has 1 aromatic carbocycles. The molecular weight excluding hydrogens is 502 g/mol. The molecule has 212 valence electrons. The van der Waals surface area contributed by atoms with Crippen molar-refractivity contribution in [3.05, 3.63) is 53.6 Å². The number of carbonyl (C=O) groups is 3. The Kier molecular flexibility index (Phi) is 9.42. The Morgan fingerprint density at radius 1 is 1.08 bits per heavy atom. The van der Waals surface area contributed by atoms with Gasteiger partial charge in [-0.25, -0.2) is 4.79 Å². The van der Waals surface area contributed by atoms with Crippen LogP contribution in [0.1, 0.15) is 52.0 Å². The monoisotopic (exact) mass is 541 g/mol. The normalized spacial score (nSPS) is 27.0. The number of ether oxygens (including phenoxy) is 4. The van der Waals surface area contributed by atoms with Crippen LogP contribution in [0.25, 0.3) is 0 Å². The number of benzene rings is 1. The van der Waals surface area contributed by atoms with Crippen LogP contribution in [0.2, 0.25) is 0 Å². The number of amides is 2. The van der Waals surface area contributed by atoms with Crippen LogP contribution in [-0.2, 0) is 35.0 Å². The van der Waals surface area contributed by atoms with E-state index in [4.69, 9.17) is 24.7 Å². The number of nitrogens with one attached hydrogen (secondary N) is 2. The molecule has 2 aliphatic heterocycles. The lowest BCUT2D eigenvalue weighted by atomic mass is 9.95. The third kappa shape index (κ3) is 8.64. The van der Waals surface area contributed by atoms with Gasteiger partial charge in [-0.3, -0.25) is 9.59 Å². The van der Waals surface area contributed by atoms with Crippen molar-refractivity contribution < 1.29 is 33.3 Å². The zero-order valence-corrected chi connectivity index (χ0v) is 22.8. The fourth-order valence-electron chi connectivity index (χ4n) is 4.69. The predicted octanol–water partition coefficient (Wildman–Crippen LogP) is 2.06. The van der Waals surface area contributed by atoms with Crippen LogP contribution in [0.5, 0.6) is 5.75 Å². The summed E-state index contributed by atoms with van der Waals surface area (Å²) in [5.74, 6) is -0.951. The summed E-state index contributed by atoms with van der Waals surface area (Å²) < 4.78 is 23.1. The first-order valence-corrected chi connectivity index (χ1v) is 13.5. The van der Waals surface area contributed by atoms with Crippen molar-refractivity contribution in [1.29, 1.82) is 0 Å². The lowest BCUT2D eigenvalue weighted by molar-refractivity contribution is -0.185. The van der Waals surface area contributed by atoms with Gasteiger partial charge in [0.25, 0.3) is 0 Å². The van der Waals surface area contributed by atoms with Gasteiger partial charge in [-0.2, -0.15) is 0 Å². The summed E-state index contributed by atoms with van der Waals surface area (Å²) >= 11 is 0. The highest BCUT2D eigenvalue weighted by Crippen LogP contribution is 2.25. The Labute approximate surface area is 229 Å². The van der Waals surface area contributed by atoms with Gasteiger partial charge >= 0.3 is 5.97 Å². The molecule has 2 amide bonds.